The Kier molecular flexibility index (Phi) is 4.16. The van der Waals surface area contributed by atoms with Crippen LogP contribution in [0.15, 0.2) is 47.5 Å². The largest absolute Gasteiger partial charge is 0.478 e. The summed E-state index contributed by atoms with van der Waals surface area (Å²) in [5.41, 5.74) is 1.57. The van der Waals surface area contributed by atoms with Crippen molar-refractivity contribution in [3.63, 3.8) is 0 Å². The molecule has 0 radical (unpaired) electrons. The van der Waals surface area contributed by atoms with E-state index in [9.17, 15) is 4.79 Å². The third-order valence-electron chi connectivity index (χ3n) is 2.49. The number of carboxylic acid groups (broad SMARTS) is 1. The molecular weight excluding hydrogens is 260 g/mol. The molecule has 0 saturated carbocycles. The minimum Gasteiger partial charge on any atom is -0.478 e. The van der Waals surface area contributed by atoms with Crippen LogP contribution in [0, 0.1) is 11.3 Å². The molecule has 0 aliphatic carbocycles. The SMILES string of the molecule is N#Cc1ncccc1CSc1ccc(C(=O)O)cc1. The second-order valence-electron chi connectivity index (χ2n) is 3.74. The molecule has 0 aliphatic heterocycles. The fourth-order valence-corrected chi connectivity index (χ4v) is 2.39. The first kappa shape index (κ1) is 13.1. The zero-order chi connectivity index (χ0) is 13.7. The van der Waals surface area contributed by atoms with Gasteiger partial charge in [0.05, 0.1) is 5.56 Å². The van der Waals surface area contributed by atoms with Gasteiger partial charge in [-0.15, -0.1) is 11.8 Å². The Morgan fingerprint density at radius 3 is 2.68 bits per heavy atom. The van der Waals surface area contributed by atoms with Crippen LogP contribution in [0.5, 0.6) is 0 Å². The van der Waals surface area contributed by atoms with Gasteiger partial charge in [-0.2, -0.15) is 5.26 Å². The third kappa shape index (κ3) is 3.33. The van der Waals surface area contributed by atoms with Gasteiger partial charge in [0.15, 0.2) is 0 Å². The zero-order valence-corrected chi connectivity index (χ0v) is 10.7. The minimum atomic E-state index is -0.935. The van der Waals surface area contributed by atoms with Gasteiger partial charge in [-0.05, 0) is 35.9 Å². The molecule has 0 aliphatic rings. The summed E-state index contributed by atoms with van der Waals surface area (Å²) in [4.78, 5) is 15.7. The first-order valence-electron chi connectivity index (χ1n) is 5.51. The van der Waals surface area contributed by atoms with Gasteiger partial charge < -0.3 is 5.11 Å². The Hall–Kier alpha value is -2.32. The van der Waals surface area contributed by atoms with Gasteiger partial charge in [-0.1, -0.05) is 6.07 Å². The van der Waals surface area contributed by atoms with Crippen LogP contribution in [0.1, 0.15) is 21.6 Å². The lowest BCUT2D eigenvalue weighted by Crippen LogP contribution is -1.95. The second kappa shape index (κ2) is 6.03. The van der Waals surface area contributed by atoms with Crippen molar-refractivity contribution < 1.29 is 9.90 Å². The maximum atomic E-state index is 10.7. The summed E-state index contributed by atoms with van der Waals surface area (Å²) in [5.74, 6) is -0.307. The summed E-state index contributed by atoms with van der Waals surface area (Å²) < 4.78 is 0. The van der Waals surface area contributed by atoms with Gasteiger partial charge in [0, 0.05) is 16.8 Å². The molecule has 1 aromatic heterocycles. The van der Waals surface area contributed by atoms with Crippen LogP contribution in [-0.4, -0.2) is 16.1 Å². The van der Waals surface area contributed by atoms with Crippen molar-refractivity contribution in [1.29, 1.82) is 5.26 Å². The average Bonchev–Trinajstić information content (AvgIpc) is 2.45. The van der Waals surface area contributed by atoms with Gasteiger partial charge in [0.2, 0.25) is 0 Å². The smallest absolute Gasteiger partial charge is 0.335 e. The first-order valence-corrected chi connectivity index (χ1v) is 6.49. The summed E-state index contributed by atoms with van der Waals surface area (Å²) in [7, 11) is 0. The van der Waals surface area contributed by atoms with Crippen LogP contribution >= 0.6 is 11.8 Å². The standard InChI is InChI=1S/C14H10N2O2S/c15-8-13-11(2-1-7-16-13)9-19-12-5-3-10(4-6-12)14(17)18/h1-7H,9H2,(H,17,18). The zero-order valence-electron chi connectivity index (χ0n) is 9.91. The quantitative estimate of drug-likeness (QED) is 0.864. The fourth-order valence-electron chi connectivity index (χ4n) is 1.51. The highest BCUT2D eigenvalue weighted by molar-refractivity contribution is 7.98. The molecular formula is C14H10N2O2S. The lowest BCUT2D eigenvalue weighted by atomic mass is 10.2. The van der Waals surface area contributed by atoms with E-state index in [1.807, 2.05) is 6.07 Å². The number of hydrogen-bond acceptors (Lipinski definition) is 4. The van der Waals surface area contributed by atoms with Gasteiger partial charge in [0.1, 0.15) is 11.8 Å². The molecule has 0 bridgehead atoms. The highest BCUT2D eigenvalue weighted by Gasteiger charge is 2.05. The van der Waals surface area contributed by atoms with E-state index in [4.69, 9.17) is 10.4 Å². The lowest BCUT2D eigenvalue weighted by Gasteiger charge is -2.03. The van der Waals surface area contributed by atoms with Crippen molar-refractivity contribution in [2.45, 2.75) is 10.6 Å². The molecule has 1 aromatic carbocycles. The van der Waals surface area contributed by atoms with Crippen LogP contribution in [-0.2, 0) is 5.75 Å². The Morgan fingerprint density at radius 2 is 2.05 bits per heavy atom. The normalized spacial score (nSPS) is 9.84. The topological polar surface area (TPSA) is 74.0 Å². The van der Waals surface area contributed by atoms with Crippen molar-refractivity contribution in [2.24, 2.45) is 0 Å². The van der Waals surface area contributed by atoms with Crippen molar-refractivity contribution in [2.75, 3.05) is 0 Å². The maximum Gasteiger partial charge on any atom is 0.335 e. The molecule has 0 saturated heterocycles. The van der Waals surface area contributed by atoms with E-state index < -0.39 is 5.97 Å². The number of nitriles is 1. The van der Waals surface area contributed by atoms with E-state index in [-0.39, 0.29) is 5.56 Å². The van der Waals surface area contributed by atoms with E-state index in [2.05, 4.69) is 11.1 Å². The highest BCUT2D eigenvalue weighted by Crippen LogP contribution is 2.23. The number of aromatic nitrogens is 1. The second-order valence-corrected chi connectivity index (χ2v) is 4.79. The number of carboxylic acids is 1. The third-order valence-corrected chi connectivity index (χ3v) is 3.55. The highest BCUT2D eigenvalue weighted by atomic mass is 32.2. The Labute approximate surface area is 114 Å². The summed E-state index contributed by atoms with van der Waals surface area (Å²) >= 11 is 1.54. The van der Waals surface area contributed by atoms with Gasteiger partial charge in [0.25, 0.3) is 0 Å². The molecule has 0 fully saturated rings. The molecule has 0 unspecified atom stereocenters. The predicted molar refractivity (Wildman–Crippen MR) is 71.9 cm³/mol. The van der Waals surface area contributed by atoms with E-state index in [1.165, 1.54) is 11.8 Å². The number of hydrogen-bond donors (Lipinski definition) is 1. The van der Waals surface area contributed by atoms with Crippen LogP contribution in [0.25, 0.3) is 0 Å². The summed E-state index contributed by atoms with van der Waals surface area (Å²) in [5, 5.41) is 17.7. The molecule has 2 rings (SSSR count). The number of benzene rings is 1. The minimum absolute atomic E-state index is 0.267. The molecule has 1 heterocycles. The van der Waals surface area contributed by atoms with Crippen LogP contribution in [0.4, 0.5) is 0 Å². The molecule has 2 aromatic rings. The van der Waals surface area contributed by atoms with Gasteiger partial charge in [-0.25, -0.2) is 9.78 Å². The van der Waals surface area contributed by atoms with Crippen molar-refractivity contribution in [3.05, 3.63) is 59.4 Å². The van der Waals surface area contributed by atoms with Crippen LogP contribution < -0.4 is 0 Å². The van der Waals surface area contributed by atoms with Gasteiger partial charge in [-0.3, -0.25) is 0 Å². The van der Waals surface area contributed by atoms with Gasteiger partial charge >= 0.3 is 5.97 Å². The number of rotatable bonds is 4. The predicted octanol–water partition coefficient (Wildman–Crippen LogP) is 2.94. The van der Waals surface area contributed by atoms with Crippen molar-refractivity contribution >= 4 is 17.7 Å². The molecule has 0 atom stereocenters. The Morgan fingerprint density at radius 1 is 1.32 bits per heavy atom. The van der Waals surface area contributed by atoms with Crippen molar-refractivity contribution in [1.82, 2.24) is 4.98 Å². The maximum absolute atomic E-state index is 10.7. The Bertz CT molecular complexity index is 633. The summed E-state index contributed by atoms with van der Waals surface area (Å²) in [6, 6.07) is 12.4. The number of pyridine rings is 1. The molecule has 0 spiro atoms. The summed E-state index contributed by atoms with van der Waals surface area (Å²) in [6.07, 6.45) is 1.59. The molecule has 94 valence electrons. The number of carbonyl (C=O) groups is 1. The number of aromatic carboxylic acids is 1. The van der Waals surface area contributed by atoms with Crippen LogP contribution in [0.3, 0.4) is 0 Å². The molecule has 4 nitrogen and oxygen atoms in total. The molecule has 0 amide bonds. The van der Waals surface area contributed by atoms with E-state index in [0.29, 0.717) is 11.4 Å². The van der Waals surface area contributed by atoms with E-state index in [0.717, 1.165) is 10.5 Å². The lowest BCUT2D eigenvalue weighted by molar-refractivity contribution is 0.0697. The Balaban J connectivity index is 2.06. The van der Waals surface area contributed by atoms with Crippen molar-refractivity contribution in [3.8, 4) is 6.07 Å². The van der Waals surface area contributed by atoms with E-state index >= 15 is 0 Å². The number of thioether (sulfide) groups is 1. The molecule has 19 heavy (non-hydrogen) atoms. The van der Waals surface area contributed by atoms with E-state index in [1.54, 1.807) is 36.5 Å². The number of nitrogens with zero attached hydrogens (tertiary/aromatic N) is 2. The average molecular weight is 270 g/mol. The fraction of sp³-hybridized carbons (Fsp3) is 0.0714. The monoisotopic (exact) mass is 270 g/mol. The summed E-state index contributed by atoms with van der Waals surface area (Å²) in [6.45, 7) is 0. The van der Waals surface area contributed by atoms with Crippen LogP contribution in [0.2, 0.25) is 0 Å². The molecule has 1 N–H and O–H groups in total. The first-order chi connectivity index (χ1) is 9.20. The molecule has 5 heteroatoms.